The summed E-state index contributed by atoms with van der Waals surface area (Å²) in [5, 5.41) is 21.2. The van der Waals surface area contributed by atoms with Crippen molar-refractivity contribution in [2.24, 2.45) is 5.92 Å². The molecule has 0 aromatic heterocycles. The lowest BCUT2D eigenvalue weighted by Crippen LogP contribution is -2.32. The van der Waals surface area contributed by atoms with E-state index in [1.807, 2.05) is 18.2 Å². The average Bonchev–Trinajstić information content (AvgIpc) is 2.54. The summed E-state index contributed by atoms with van der Waals surface area (Å²) in [4.78, 5) is 14.2. The molecule has 2 N–H and O–H groups in total. The fourth-order valence-electron chi connectivity index (χ4n) is 2.74. The molecule has 1 unspecified atom stereocenters. The number of hydrogen-bond acceptors (Lipinski definition) is 4. The molecule has 0 radical (unpaired) electrons. The van der Waals surface area contributed by atoms with E-state index in [0.717, 1.165) is 25.1 Å². The van der Waals surface area contributed by atoms with Gasteiger partial charge in [0, 0.05) is 25.8 Å². The number of nitriles is 1. The molecule has 5 heteroatoms. The van der Waals surface area contributed by atoms with E-state index in [-0.39, 0.29) is 17.2 Å². The number of aromatic hydroxyl groups is 1. The fraction of sp³-hybridized carbons (Fsp3) is 0.444. The van der Waals surface area contributed by atoms with Gasteiger partial charge in [0.2, 0.25) is 0 Å². The highest BCUT2D eigenvalue weighted by Gasteiger charge is 2.16. The van der Waals surface area contributed by atoms with Crippen molar-refractivity contribution in [2.75, 3.05) is 19.6 Å². The first-order valence-electron chi connectivity index (χ1n) is 8.00. The molecule has 1 atom stereocenters. The van der Waals surface area contributed by atoms with Crippen LogP contribution >= 0.6 is 0 Å². The summed E-state index contributed by atoms with van der Waals surface area (Å²) >= 11 is 0. The Bertz CT molecular complexity index is 602. The van der Waals surface area contributed by atoms with Gasteiger partial charge >= 0.3 is 0 Å². The molecule has 1 aromatic carbocycles. The lowest BCUT2D eigenvalue weighted by molar-refractivity contribution is -0.117. The third kappa shape index (κ3) is 5.33. The summed E-state index contributed by atoms with van der Waals surface area (Å²) in [5.74, 6) is 0.491. The SMILES string of the molecule is CC1CCCN(/C=C(/C#N)C(=O)NCCc2ccc(O)cc2)C1. The molecule has 1 saturated heterocycles. The second kappa shape index (κ2) is 8.23. The number of carbonyl (C=O) groups excluding carboxylic acids is 1. The number of piperidine rings is 1. The molecule has 2 rings (SSSR count). The Labute approximate surface area is 137 Å². The van der Waals surface area contributed by atoms with Gasteiger partial charge in [0.25, 0.3) is 5.91 Å². The molecule has 0 saturated carbocycles. The molecule has 0 bridgehead atoms. The van der Waals surface area contributed by atoms with Crippen LogP contribution in [-0.4, -0.2) is 35.5 Å². The first kappa shape index (κ1) is 16.9. The Balaban J connectivity index is 1.85. The highest BCUT2D eigenvalue weighted by atomic mass is 16.3. The van der Waals surface area contributed by atoms with Crippen LogP contribution in [0.25, 0.3) is 0 Å². The third-order valence-corrected chi connectivity index (χ3v) is 4.00. The minimum Gasteiger partial charge on any atom is -0.508 e. The molecule has 5 nitrogen and oxygen atoms in total. The largest absolute Gasteiger partial charge is 0.508 e. The lowest BCUT2D eigenvalue weighted by Gasteiger charge is -2.29. The second-order valence-corrected chi connectivity index (χ2v) is 6.07. The van der Waals surface area contributed by atoms with Crippen molar-refractivity contribution in [3.63, 3.8) is 0 Å². The van der Waals surface area contributed by atoms with E-state index < -0.39 is 0 Å². The average molecular weight is 313 g/mol. The predicted molar refractivity (Wildman–Crippen MR) is 88.5 cm³/mol. The Morgan fingerprint density at radius 1 is 1.48 bits per heavy atom. The lowest BCUT2D eigenvalue weighted by atomic mass is 10.0. The fourth-order valence-corrected chi connectivity index (χ4v) is 2.74. The van der Waals surface area contributed by atoms with Gasteiger partial charge in [-0.15, -0.1) is 0 Å². The highest BCUT2D eigenvalue weighted by molar-refractivity contribution is 5.97. The van der Waals surface area contributed by atoms with E-state index in [1.165, 1.54) is 6.42 Å². The van der Waals surface area contributed by atoms with Gasteiger partial charge in [-0.3, -0.25) is 4.79 Å². The van der Waals surface area contributed by atoms with E-state index in [4.69, 9.17) is 0 Å². The van der Waals surface area contributed by atoms with Crippen LogP contribution in [0.3, 0.4) is 0 Å². The number of phenols is 1. The number of nitrogens with one attached hydrogen (secondary N) is 1. The normalized spacial score (nSPS) is 18.3. The topological polar surface area (TPSA) is 76.4 Å². The zero-order valence-corrected chi connectivity index (χ0v) is 13.5. The maximum absolute atomic E-state index is 12.1. The van der Waals surface area contributed by atoms with Crippen molar-refractivity contribution in [2.45, 2.75) is 26.2 Å². The highest BCUT2D eigenvalue weighted by Crippen LogP contribution is 2.16. The van der Waals surface area contributed by atoms with Crippen molar-refractivity contribution in [1.82, 2.24) is 10.2 Å². The molecule has 1 fully saturated rings. The summed E-state index contributed by atoms with van der Waals surface area (Å²) < 4.78 is 0. The van der Waals surface area contributed by atoms with Crippen molar-refractivity contribution < 1.29 is 9.90 Å². The molecule has 1 aliphatic heterocycles. The van der Waals surface area contributed by atoms with Gasteiger partial charge in [0.15, 0.2) is 0 Å². The number of benzene rings is 1. The number of rotatable bonds is 5. The maximum Gasteiger partial charge on any atom is 0.263 e. The first-order chi connectivity index (χ1) is 11.1. The molecule has 122 valence electrons. The molecule has 1 heterocycles. The Hall–Kier alpha value is -2.48. The minimum atomic E-state index is -0.329. The Kier molecular flexibility index (Phi) is 6.04. The van der Waals surface area contributed by atoms with Gasteiger partial charge < -0.3 is 15.3 Å². The predicted octanol–water partition coefficient (Wildman–Crippen LogP) is 2.19. The number of nitrogens with zero attached hydrogens (tertiary/aromatic N) is 2. The molecule has 1 aliphatic rings. The van der Waals surface area contributed by atoms with Gasteiger partial charge in [-0.05, 0) is 42.9 Å². The van der Waals surface area contributed by atoms with E-state index in [2.05, 4.69) is 17.1 Å². The number of phenolic OH excluding ortho intramolecular Hbond substituents is 1. The molecule has 0 spiro atoms. The van der Waals surface area contributed by atoms with Crippen molar-refractivity contribution >= 4 is 5.91 Å². The maximum atomic E-state index is 12.1. The molecular weight excluding hydrogens is 290 g/mol. The van der Waals surface area contributed by atoms with Crippen LogP contribution in [0.1, 0.15) is 25.3 Å². The van der Waals surface area contributed by atoms with Crippen LogP contribution in [0.4, 0.5) is 0 Å². The van der Waals surface area contributed by atoms with Crippen LogP contribution in [0, 0.1) is 17.2 Å². The van der Waals surface area contributed by atoms with Gasteiger partial charge in [-0.2, -0.15) is 5.26 Å². The van der Waals surface area contributed by atoms with Crippen LogP contribution in [0.5, 0.6) is 5.75 Å². The van der Waals surface area contributed by atoms with Crippen LogP contribution in [0.2, 0.25) is 0 Å². The van der Waals surface area contributed by atoms with Crippen LogP contribution in [-0.2, 0) is 11.2 Å². The Morgan fingerprint density at radius 3 is 2.87 bits per heavy atom. The Morgan fingerprint density at radius 2 is 2.22 bits per heavy atom. The molecule has 1 amide bonds. The summed E-state index contributed by atoms with van der Waals surface area (Å²) in [7, 11) is 0. The molecule has 23 heavy (non-hydrogen) atoms. The number of likely N-dealkylation sites (tertiary alicyclic amines) is 1. The third-order valence-electron chi connectivity index (χ3n) is 4.00. The molecule has 1 aromatic rings. The minimum absolute atomic E-state index is 0.157. The molecular formula is C18H23N3O2. The number of carbonyl (C=O) groups is 1. The number of hydrogen-bond donors (Lipinski definition) is 2. The smallest absolute Gasteiger partial charge is 0.263 e. The van der Waals surface area contributed by atoms with E-state index >= 15 is 0 Å². The summed E-state index contributed by atoms with van der Waals surface area (Å²) in [6, 6.07) is 8.87. The monoisotopic (exact) mass is 313 g/mol. The quantitative estimate of drug-likeness (QED) is 0.645. The summed E-state index contributed by atoms with van der Waals surface area (Å²) in [6.07, 6.45) is 4.64. The van der Waals surface area contributed by atoms with E-state index in [9.17, 15) is 15.2 Å². The van der Waals surface area contributed by atoms with Crippen LogP contribution < -0.4 is 5.32 Å². The zero-order valence-electron chi connectivity index (χ0n) is 13.5. The van der Waals surface area contributed by atoms with Gasteiger partial charge in [0.05, 0.1) is 0 Å². The van der Waals surface area contributed by atoms with E-state index in [1.54, 1.807) is 18.3 Å². The van der Waals surface area contributed by atoms with Gasteiger partial charge in [-0.25, -0.2) is 0 Å². The van der Waals surface area contributed by atoms with Crippen molar-refractivity contribution in [3.8, 4) is 11.8 Å². The summed E-state index contributed by atoms with van der Waals surface area (Å²) in [6.45, 7) is 4.44. The first-order valence-corrected chi connectivity index (χ1v) is 8.00. The second-order valence-electron chi connectivity index (χ2n) is 6.07. The summed E-state index contributed by atoms with van der Waals surface area (Å²) in [5.41, 5.74) is 1.18. The standard InChI is InChI=1S/C18H23N3O2/c1-14-3-2-10-21(12-14)13-16(11-19)18(23)20-9-8-15-4-6-17(22)7-5-15/h4-7,13-14,22H,2-3,8-10,12H2,1H3,(H,20,23)/b16-13-. The van der Waals surface area contributed by atoms with Crippen LogP contribution in [0.15, 0.2) is 36.0 Å². The zero-order chi connectivity index (χ0) is 16.7. The number of amides is 1. The van der Waals surface area contributed by atoms with Crippen molar-refractivity contribution in [3.05, 3.63) is 41.6 Å². The van der Waals surface area contributed by atoms with E-state index in [0.29, 0.717) is 18.9 Å². The molecule has 0 aliphatic carbocycles. The van der Waals surface area contributed by atoms with Gasteiger partial charge in [0.1, 0.15) is 17.4 Å². The van der Waals surface area contributed by atoms with Gasteiger partial charge in [-0.1, -0.05) is 19.1 Å². The van der Waals surface area contributed by atoms with Crippen molar-refractivity contribution in [1.29, 1.82) is 5.26 Å².